The fraction of sp³-hybridized carbons (Fsp3) is 0.385. The van der Waals surface area contributed by atoms with Crippen LogP contribution in [0.2, 0.25) is 0 Å². The van der Waals surface area contributed by atoms with E-state index < -0.39 is 0 Å². The number of aryl methyl sites for hydroxylation is 1. The summed E-state index contributed by atoms with van der Waals surface area (Å²) in [6, 6.07) is 4.12. The molecular formula is C13H17N5. The number of nitriles is 1. The fourth-order valence-electron chi connectivity index (χ4n) is 1.92. The zero-order chi connectivity index (χ0) is 13.1. The van der Waals surface area contributed by atoms with Crippen molar-refractivity contribution in [2.24, 2.45) is 14.1 Å². The zero-order valence-corrected chi connectivity index (χ0v) is 10.9. The molecule has 18 heavy (non-hydrogen) atoms. The maximum Gasteiger partial charge on any atom is 0.122 e. The average molecular weight is 243 g/mol. The molecule has 0 atom stereocenters. The number of rotatable bonds is 4. The molecule has 94 valence electrons. The largest absolute Gasteiger partial charge is 0.340 e. The summed E-state index contributed by atoms with van der Waals surface area (Å²) in [5.74, 6) is 1.00. The second kappa shape index (κ2) is 5.07. The van der Waals surface area contributed by atoms with Gasteiger partial charge in [-0.3, -0.25) is 0 Å². The van der Waals surface area contributed by atoms with Gasteiger partial charge in [0, 0.05) is 38.7 Å². The standard InChI is InChI=1S/C13H17N5/c1-10-11(6-12(7-14)18(10)3)8-15-9-13-16-4-5-17(13)2/h4-6,15H,8-9H2,1-3H3. The van der Waals surface area contributed by atoms with Crippen LogP contribution in [0.4, 0.5) is 0 Å². The van der Waals surface area contributed by atoms with E-state index in [1.54, 1.807) is 6.20 Å². The van der Waals surface area contributed by atoms with E-state index in [9.17, 15) is 0 Å². The number of nitrogens with zero attached hydrogens (tertiary/aromatic N) is 4. The van der Waals surface area contributed by atoms with Crippen LogP contribution in [-0.4, -0.2) is 14.1 Å². The van der Waals surface area contributed by atoms with Gasteiger partial charge < -0.3 is 14.5 Å². The monoisotopic (exact) mass is 243 g/mol. The van der Waals surface area contributed by atoms with E-state index >= 15 is 0 Å². The normalized spacial score (nSPS) is 10.6. The van der Waals surface area contributed by atoms with Crippen molar-refractivity contribution in [1.82, 2.24) is 19.4 Å². The molecule has 0 saturated heterocycles. The predicted molar refractivity (Wildman–Crippen MR) is 68.6 cm³/mol. The van der Waals surface area contributed by atoms with E-state index in [1.165, 1.54) is 0 Å². The first-order valence-corrected chi connectivity index (χ1v) is 5.85. The van der Waals surface area contributed by atoms with Gasteiger partial charge in [0.2, 0.25) is 0 Å². The summed E-state index contributed by atoms with van der Waals surface area (Å²) in [5.41, 5.74) is 2.98. The summed E-state index contributed by atoms with van der Waals surface area (Å²) >= 11 is 0. The van der Waals surface area contributed by atoms with Crippen LogP contribution in [0.5, 0.6) is 0 Å². The molecule has 2 aromatic heterocycles. The average Bonchev–Trinajstić information content (AvgIpc) is 2.88. The fourth-order valence-corrected chi connectivity index (χ4v) is 1.92. The predicted octanol–water partition coefficient (Wildman–Crippen LogP) is 1.23. The van der Waals surface area contributed by atoms with Gasteiger partial charge in [-0.05, 0) is 18.6 Å². The lowest BCUT2D eigenvalue weighted by atomic mass is 10.2. The second-order valence-corrected chi connectivity index (χ2v) is 4.37. The summed E-state index contributed by atoms with van der Waals surface area (Å²) in [6.45, 7) is 3.49. The molecule has 1 N–H and O–H groups in total. The number of aromatic nitrogens is 3. The Morgan fingerprint density at radius 3 is 2.72 bits per heavy atom. The molecule has 5 nitrogen and oxygen atoms in total. The van der Waals surface area contributed by atoms with Gasteiger partial charge in [0.25, 0.3) is 0 Å². The minimum atomic E-state index is 0.696. The Bertz CT molecular complexity index is 585. The summed E-state index contributed by atoms with van der Waals surface area (Å²) in [6.07, 6.45) is 3.72. The molecule has 0 aliphatic carbocycles. The van der Waals surface area contributed by atoms with Gasteiger partial charge >= 0.3 is 0 Å². The lowest BCUT2D eigenvalue weighted by molar-refractivity contribution is 0.636. The molecule has 0 radical (unpaired) electrons. The molecule has 0 spiro atoms. The smallest absolute Gasteiger partial charge is 0.122 e. The van der Waals surface area contributed by atoms with Crippen LogP contribution in [0.1, 0.15) is 22.8 Å². The minimum Gasteiger partial charge on any atom is -0.340 e. The summed E-state index contributed by atoms with van der Waals surface area (Å²) in [7, 11) is 3.89. The molecule has 2 rings (SSSR count). The Morgan fingerprint density at radius 2 is 2.17 bits per heavy atom. The van der Waals surface area contributed by atoms with Gasteiger partial charge in [0.05, 0.1) is 6.54 Å². The number of nitrogens with one attached hydrogen (secondary N) is 1. The van der Waals surface area contributed by atoms with Gasteiger partial charge in [-0.2, -0.15) is 5.26 Å². The van der Waals surface area contributed by atoms with Crippen LogP contribution >= 0.6 is 0 Å². The molecule has 0 saturated carbocycles. The van der Waals surface area contributed by atoms with Crippen LogP contribution in [0.15, 0.2) is 18.5 Å². The number of hydrogen-bond donors (Lipinski definition) is 1. The van der Waals surface area contributed by atoms with Crippen molar-refractivity contribution in [2.45, 2.75) is 20.0 Å². The Hall–Kier alpha value is -2.06. The van der Waals surface area contributed by atoms with Crippen LogP contribution in [0, 0.1) is 18.3 Å². The van der Waals surface area contributed by atoms with Gasteiger partial charge in [-0.1, -0.05) is 0 Å². The van der Waals surface area contributed by atoms with E-state index in [0.29, 0.717) is 5.69 Å². The van der Waals surface area contributed by atoms with E-state index in [1.807, 2.05) is 42.4 Å². The zero-order valence-electron chi connectivity index (χ0n) is 10.9. The molecule has 0 unspecified atom stereocenters. The Kier molecular flexibility index (Phi) is 3.49. The Morgan fingerprint density at radius 1 is 1.39 bits per heavy atom. The van der Waals surface area contributed by atoms with E-state index in [-0.39, 0.29) is 0 Å². The Balaban J connectivity index is 1.99. The van der Waals surface area contributed by atoms with Crippen molar-refractivity contribution in [3.63, 3.8) is 0 Å². The maximum absolute atomic E-state index is 8.96. The van der Waals surface area contributed by atoms with E-state index in [0.717, 1.165) is 30.2 Å². The van der Waals surface area contributed by atoms with Gasteiger partial charge in [0.15, 0.2) is 0 Å². The van der Waals surface area contributed by atoms with Crippen LogP contribution in [0.25, 0.3) is 0 Å². The third kappa shape index (κ3) is 2.29. The molecule has 0 aromatic carbocycles. The SMILES string of the molecule is Cc1c(CNCc2nccn2C)cc(C#N)n1C. The minimum absolute atomic E-state index is 0.696. The highest BCUT2D eigenvalue weighted by atomic mass is 15.1. The molecule has 0 bridgehead atoms. The molecule has 0 fully saturated rings. The summed E-state index contributed by atoms with van der Waals surface area (Å²) in [5, 5.41) is 12.3. The van der Waals surface area contributed by atoms with Crippen molar-refractivity contribution in [1.29, 1.82) is 5.26 Å². The maximum atomic E-state index is 8.96. The van der Waals surface area contributed by atoms with Crippen molar-refractivity contribution in [2.75, 3.05) is 0 Å². The summed E-state index contributed by atoms with van der Waals surface area (Å²) in [4.78, 5) is 4.25. The van der Waals surface area contributed by atoms with E-state index in [4.69, 9.17) is 5.26 Å². The second-order valence-electron chi connectivity index (χ2n) is 4.37. The first-order valence-electron chi connectivity index (χ1n) is 5.85. The number of hydrogen-bond acceptors (Lipinski definition) is 3. The third-order valence-electron chi connectivity index (χ3n) is 3.27. The van der Waals surface area contributed by atoms with Gasteiger partial charge in [0.1, 0.15) is 17.6 Å². The van der Waals surface area contributed by atoms with Crippen LogP contribution < -0.4 is 5.32 Å². The van der Waals surface area contributed by atoms with Crippen molar-refractivity contribution in [3.05, 3.63) is 41.2 Å². The quantitative estimate of drug-likeness (QED) is 0.878. The van der Waals surface area contributed by atoms with Gasteiger partial charge in [-0.15, -0.1) is 0 Å². The van der Waals surface area contributed by atoms with Gasteiger partial charge in [-0.25, -0.2) is 4.98 Å². The molecule has 2 heterocycles. The topological polar surface area (TPSA) is 58.6 Å². The first kappa shape index (κ1) is 12.4. The Labute approximate surface area is 107 Å². The highest BCUT2D eigenvalue weighted by Gasteiger charge is 2.08. The molecule has 0 aliphatic rings. The van der Waals surface area contributed by atoms with Crippen LogP contribution in [0.3, 0.4) is 0 Å². The lowest BCUT2D eigenvalue weighted by Gasteiger charge is -2.05. The molecule has 0 amide bonds. The van der Waals surface area contributed by atoms with Crippen molar-refractivity contribution >= 4 is 0 Å². The van der Waals surface area contributed by atoms with E-state index in [2.05, 4.69) is 16.4 Å². The molecule has 2 aromatic rings. The summed E-state index contributed by atoms with van der Waals surface area (Å²) < 4.78 is 3.91. The third-order valence-corrected chi connectivity index (χ3v) is 3.27. The number of imidazole rings is 1. The highest BCUT2D eigenvalue weighted by molar-refractivity contribution is 5.34. The van der Waals surface area contributed by atoms with Crippen LogP contribution in [-0.2, 0) is 27.2 Å². The molecular weight excluding hydrogens is 226 g/mol. The lowest BCUT2D eigenvalue weighted by Crippen LogP contribution is -2.16. The molecule has 0 aliphatic heterocycles. The van der Waals surface area contributed by atoms with Crippen molar-refractivity contribution in [3.8, 4) is 6.07 Å². The van der Waals surface area contributed by atoms with Crippen molar-refractivity contribution < 1.29 is 0 Å². The first-order chi connectivity index (χ1) is 8.63. The highest BCUT2D eigenvalue weighted by Crippen LogP contribution is 2.13. The molecule has 5 heteroatoms.